The van der Waals surface area contributed by atoms with E-state index in [0.29, 0.717) is 11.8 Å². The van der Waals surface area contributed by atoms with E-state index in [-0.39, 0.29) is 12.2 Å². The first-order chi connectivity index (χ1) is 35.5. The van der Waals surface area contributed by atoms with E-state index in [1.807, 2.05) is 103 Å². The van der Waals surface area contributed by atoms with Gasteiger partial charge in [-0.15, -0.1) is 0 Å². The van der Waals surface area contributed by atoms with Crippen molar-refractivity contribution >= 4 is 0 Å². The summed E-state index contributed by atoms with van der Waals surface area (Å²) in [6.45, 7) is 1.54. The van der Waals surface area contributed by atoms with Crippen LogP contribution in [0.1, 0.15) is 87.8 Å². The molecule has 0 bridgehead atoms. The number of fused-ring (bicyclic) bond motifs is 4. The molecule has 4 atom stereocenters. The molecule has 8 heteroatoms. The van der Waals surface area contributed by atoms with Gasteiger partial charge in [0.05, 0.1) is 41.7 Å². The number of benzene rings is 8. The second-order valence-electron chi connectivity index (χ2n) is 18.1. The number of ether oxygens (including phenoxy) is 8. The summed E-state index contributed by atoms with van der Waals surface area (Å²) >= 11 is 0. The molecule has 72 heavy (non-hydrogen) atoms. The Labute approximate surface area is 425 Å². The Morgan fingerprint density at radius 3 is 1.44 bits per heavy atom. The van der Waals surface area contributed by atoms with Crippen LogP contribution in [-0.2, 0) is 19.3 Å². The summed E-state index contributed by atoms with van der Waals surface area (Å²) < 4.78 is 44.6. The van der Waals surface area contributed by atoms with Gasteiger partial charge in [0.1, 0.15) is 58.2 Å². The van der Waals surface area contributed by atoms with Crippen molar-refractivity contribution in [2.75, 3.05) is 41.7 Å². The van der Waals surface area contributed by atoms with E-state index in [1.54, 1.807) is 28.4 Å². The minimum absolute atomic E-state index is 0.0936. The van der Waals surface area contributed by atoms with Gasteiger partial charge in [-0.1, -0.05) is 127 Å². The summed E-state index contributed by atoms with van der Waals surface area (Å²) in [5.74, 6) is 8.52. The Bertz CT molecular complexity index is 2850. The van der Waals surface area contributed by atoms with Gasteiger partial charge in [0.25, 0.3) is 0 Å². The van der Waals surface area contributed by atoms with Crippen molar-refractivity contribution in [2.45, 2.75) is 62.6 Å². The summed E-state index contributed by atoms with van der Waals surface area (Å²) in [6.07, 6.45) is 6.49. The average molecular weight is 961 g/mol. The number of rotatable bonds is 8. The molecule has 0 fully saturated rings. The standard InChI is InChI=1S/4C16H16O2/c1-17-15-9-5-3-7-13(15)16-11-10-12-6-2-4-8-14(12)18-16;1-17-14-9-6-13(7-10-14)16-11-8-12-4-2-3-5-15(12)18-16;1-17-15-8-6-12(7-9-15)14-10-13-4-2-3-5-16(13)18-11-14;1-17-13-8-6-12(7-9-13)14-10-11-18-16-5-3-2-4-15(14)16/h2-9,16H,10-11H2,1H3;2-7,9-10,16H,8,11H2,1H3;2*2-9,14H,10-11H2,1H3. The Morgan fingerprint density at radius 1 is 0.375 bits per heavy atom. The topological polar surface area (TPSA) is 73.8 Å². The third kappa shape index (κ3) is 12.2. The van der Waals surface area contributed by atoms with Crippen LogP contribution < -0.4 is 37.9 Å². The zero-order chi connectivity index (χ0) is 49.5. The quantitative estimate of drug-likeness (QED) is 0.149. The molecule has 8 aromatic carbocycles. The minimum atomic E-state index is 0.0936. The Morgan fingerprint density at radius 2 is 0.847 bits per heavy atom. The van der Waals surface area contributed by atoms with Gasteiger partial charge in [-0.25, -0.2) is 0 Å². The van der Waals surface area contributed by atoms with Gasteiger partial charge in [0.15, 0.2) is 0 Å². The van der Waals surface area contributed by atoms with Crippen molar-refractivity contribution in [3.8, 4) is 46.0 Å². The number of hydrogen-bond donors (Lipinski definition) is 0. The molecular weight excluding hydrogens is 897 g/mol. The molecule has 4 unspecified atom stereocenters. The Balaban J connectivity index is 0.000000119. The van der Waals surface area contributed by atoms with Crippen LogP contribution >= 0.6 is 0 Å². The van der Waals surface area contributed by atoms with Gasteiger partial charge in [-0.2, -0.15) is 0 Å². The molecule has 0 spiro atoms. The lowest BCUT2D eigenvalue weighted by Gasteiger charge is -2.27. The first kappa shape index (κ1) is 49.2. The van der Waals surface area contributed by atoms with Gasteiger partial charge in [-0.05, 0) is 139 Å². The monoisotopic (exact) mass is 960 g/mol. The predicted octanol–water partition coefficient (Wildman–Crippen LogP) is 14.5. The Kier molecular flexibility index (Phi) is 16.6. The summed E-state index contributed by atoms with van der Waals surface area (Å²) in [7, 11) is 6.77. The third-order valence-corrected chi connectivity index (χ3v) is 13.8. The van der Waals surface area contributed by atoms with Gasteiger partial charge in [0.2, 0.25) is 0 Å². The largest absolute Gasteiger partial charge is 0.497 e. The SMILES string of the molecule is COc1ccc(C2CCOc3ccccc32)cc1.COc1ccc(C2CCc3ccccc3O2)cc1.COc1ccc(C2COc3ccccc3C2)cc1.COc1ccccc1C1CCc2ccccc2O1. The van der Waals surface area contributed by atoms with E-state index in [9.17, 15) is 0 Å². The van der Waals surface area contributed by atoms with Gasteiger partial charge >= 0.3 is 0 Å². The Hall–Kier alpha value is -7.84. The van der Waals surface area contributed by atoms with Gasteiger partial charge < -0.3 is 37.9 Å². The van der Waals surface area contributed by atoms with Crippen molar-refractivity contribution in [3.63, 3.8) is 0 Å². The summed E-state index contributed by atoms with van der Waals surface area (Å²) in [4.78, 5) is 0. The van der Waals surface area contributed by atoms with Crippen LogP contribution in [-0.4, -0.2) is 41.7 Å². The molecule has 0 N–H and O–H groups in total. The maximum atomic E-state index is 6.08. The smallest absolute Gasteiger partial charge is 0.128 e. The van der Waals surface area contributed by atoms with Crippen LogP contribution in [0.15, 0.2) is 194 Å². The number of aryl methyl sites for hydroxylation is 2. The molecule has 4 aliphatic rings. The van der Waals surface area contributed by atoms with Gasteiger partial charge in [0, 0.05) is 23.0 Å². The molecule has 0 saturated heterocycles. The summed E-state index contributed by atoms with van der Waals surface area (Å²) in [5, 5.41) is 0. The molecule has 4 heterocycles. The van der Waals surface area contributed by atoms with Crippen LogP contribution in [0, 0.1) is 0 Å². The molecular formula is C64H64O8. The second-order valence-corrected chi connectivity index (χ2v) is 18.1. The molecule has 368 valence electrons. The lowest BCUT2D eigenvalue weighted by molar-refractivity contribution is 0.172. The van der Waals surface area contributed by atoms with E-state index in [1.165, 1.54) is 38.9 Å². The van der Waals surface area contributed by atoms with Crippen LogP contribution in [0.5, 0.6) is 46.0 Å². The van der Waals surface area contributed by atoms with Crippen molar-refractivity contribution in [2.24, 2.45) is 0 Å². The van der Waals surface area contributed by atoms with Crippen molar-refractivity contribution < 1.29 is 37.9 Å². The molecule has 0 aliphatic carbocycles. The van der Waals surface area contributed by atoms with Gasteiger partial charge in [-0.3, -0.25) is 0 Å². The number of hydrogen-bond acceptors (Lipinski definition) is 8. The maximum Gasteiger partial charge on any atom is 0.128 e. The van der Waals surface area contributed by atoms with E-state index >= 15 is 0 Å². The number of para-hydroxylation sites is 5. The van der Waals surface area contributed by atoms with Crippen LogP contribution in [0.4, 0.5) is 0 Å². The fourth-order valence-electron chi connectivity index (χ4n) is 9.80. The van der Waals surface area contributed by atoms with Crippen molar-refractivity contribution in [1.82, 2.24) is 0 Å². The predicted molar refractivity (Wildman–Crippen MR) is 285 cm³/mol. The zero-order valence-corrected chi connectivity index (χ0v) is 41.7. The fraction of sp³-hybridized carbons (Fsp3) is 0.250. The molecule has 0 aromatic heterocycles. The van der Waals surface area contributed by atoms with E-state index in [2.05, 4.69) is 91.0 Å². The van der Waals surface area contributed by atoms with Crippen molar-refractivity contribution in [3.05, 3.63) is 239 Å². The lowest BCUT2D eigenvalue weighted by atomic mass is 9.87. The zero-order valence-electron chi connectivity index (χ0n) is 41.7. The molecule has 0 saturated carbocycles. The first-order valence-electron chi connectivity index (χ1n) is 25.0. The second kappa shape index (κ2) is 24.3. The maximum absolute atomic E-state index is 6.08. The van der Waals surface area contributed by atoms with E-state index in [4.69, 9.17) is 37.9 Å². The van der Waals surface area contributed by atoms with Crippen molar-refractivity contribution in [1.29, 1.82) is 0 Å². The number of methoxy groups -OCH3 is 4. The highest BCUT2D eigenvalue weighted by Crippen LogP contribution is 2.40. The summed E-state index contributed by atoms with van der Waals surface area (Å²) in [6, 6.07) is 65.9. The highest BCUT2D eigenvalue weighted by molar-refractivity contribution is 5.45. The van der Waals surface area contributed by atoms with Crippen LogP contribution in [0.2, 0.25) is 0 Å². The highest BCUT2D eigenvalue weighted by Gasteiger charge is 2.25. The average Bonchev–Trinajstić information content (AvgIpc) is 3.47. The molecule has 0 amide bonds. The fourth-order valence-corrected chi connectivity index (χ4v) is 9.80. The summed E-state index contributed by atoms with van der Waals surface area (Å²) in [5.41, 5.74) is 10.2. The normalized spacial score (nSPS) is 17.7. The van der Waals surface area contributed by atoms with E-state index < -0.39 is 0 Å². The molecule has 0 radical (unpaired) electrons. The van der Waals surface area contributed by atoms with Crippen LogP contribution in [0.25, 0.3) is 0 Å². The molecule has 12 rings (SSSR count). The highest BCUT2D eigenvalue weighted by atomic mass is 16.5. The molecule has 4 aliphatic heterocycles. The van der Waals surface area contributed by atoms with Crippen LogP contribution in [0.3, 0.4) is 0 Å². The molecule has 8 aromatic rings. The minimum Gasteiger partial charge on any atom is -0.497 e. The first-order valence-corrected chi connectivity index (χ1v) is 25.0. The lowest BCUT2D eigenvalue weighted by Crippen LogP contribution is -2.18. The third-order valence-electron chi connectivity index (χ3n) is 13.8. The van der Waals surface area contributed by atoms with E-state index in [0.717, 1.165) is 103 Å². The molecule has 8 nitrogen and oxygen atoms in total.